The molecular formula is C26H32O3. The normalized spacial score (nSPS) is 19.8. The molecule has 29 heavy (non-hydrogen) atoms. The number of carbonyl (C=O) groups excluding carboxylic acids is 2. The standard InChI is InChI=1S/C26H32O3/c1-18(2)19-14-16-21(17-15-19)26(3,4)22-12-8-9-13-23(22)29-25(28)24(27)20-10-6-5-7-11-20/h5-7,10-11,14-18,22-23H,8-9,12-13H2,1-4H3/t22-,23-/m1/s1. The lowest BCUT2D eigenvalue weighted by Gasteiger charge is -2.42. The van der Waals surface area contributed by atoms with Crippen LogP contribution in [0.2, 0.25) is 0 Å². The number of esters is 1. The molecule has 0 aromatic heterocycles. The fourth-order valence-electron chi connectivity index (χ4n) is 4.47. The van der Waals surface area contributed by atoms with Crippen molar-refractivity contribution in [3.8, 4) is 0 Å². The minimum Gasteiger partial charge on any atom is -0.456 e. The summed E-state index contributed by atoms with van der Waals surface area (Å²) in [5.41, 5.74) is 2.82. The molecule has 0 N–H and O–H groups in total. The molecule has 3 nitrogen and oxygen atoms in total. The molecule has 3 rings (SSSR count). The average Bonchev–Trinajstić information content (AvgIpc) is 2.74. The molecule has 0 aliphatic heterocycles. The maximum absolute atomic E-state index is 12.6. The molecule has 2 aromatic carbocycles. The molecule has 0 spiro atoms. The van der Waals surface area contributed by atoms with E-state index in [1.54, 1.807) is 24.3 Å². The molecule has 1 fully saturated rings. The number of hydrogen-bond donors (Lipinski definition) is 0. The Labute approximate surface area is 174 Å². The minimum absolute atomic E-state index is 0.142. The van der Waals surface area contributed by atoms with Crippen LogP contribution in [0.5, 0.6) is 0 Å². The summed E-state index contributed by atoms with van der Waals surface area (Å²) >= 11 is 0. The highest BCUT2D eigenvalue weighted by atomic mass is 16.5. The molecule has 1 aliphatic rings. The Bertz CT molecular complexity index is 834. The average molecular weight is 393 g/mol. The zero-order valence-corrected chi connectivity index (χ0v) is 18.0. The minimum atomic E-state index is -0.737. The van der Waals surface area contributed by atoms with E-state index in [1.807, 2.05) is 6.07 Å². The third kappa shape index (κ3) is 4.77. The maximum Gasteiger partial charge on any atom is 0.379 e. The number of rotatable bonds is 6. The molecule has 154 valence electrons. The number of ketones is 1. The first-order valence-corrected chi connectivity index (χ1v) is 10.7. The number of hydrogen-bond acceptors (Lipinski definition) is 3. The van der Waals surface area contributed by atoms with Crippen LogP contribution in [0.15, 0.2) is 54.6 Å². The van der Waals surface area contributed by atoms with Crippen LogP contribution in [-0.4, -0.2) is 17.9 Å². The second-order valence-electron chi connectivity index (χ2n) is 9.03. The van der Waals surface area contributed by atoms with Crippen molar-refractivity contribution < 1.29 is 14.3 Å². The number of benzene rings is 2. The van der Waals surface area contributed by atoms with E-state index in [0.717, 1.165) is 25.7 Å². The lowest BCUT2D eigenvalue weighted by atomic mass is 9.66. The summed E-state index contributed by atoms with van der Waals surface area (Å²) < 4.78 is 5.80. The number of Topliss-reactive ketones (excluding diaryl/α,β-unsaturated/α-hetero) is 1. The molecule has 0 bridgehead atoms. The smallest absolute Gasteiger partial charge is 0.379 e. The SMILES string of the molecule is CC(C)c1ccc(C(C)(C)[C@@H]2CCCC[C@H]2OC(=O)C(=O)c2ccccc2)cc1. The van der Waals surface area contributed by atoms with Gasteiger partial charge in [-0.1, -0.05) is 88.7 Å². The summed E-state index contributed by atoms with van der Waals surface area (Å²) in [7, 11) is 0. The van der Waals surface area contributed by atoms with Crippen molar-refractivity contribution in [2.45, 2.75) is 70.8 Å². The quantitative estimate of drug-likeness (QED) is 0.340. The van der Waals surface area contributed by atoms with Gasteiger partial charge < -0.3 is 4.74 Å². The van der Waals surface area contributed by atoms with Crippen molar-refractivity contribution in [1.29, 1.82) is 0 Å². The molecule has 2 aromatic rings. The second kappa shape index (κ2) is 8.94. The summed E-state index contributed by atoms with van der Waals surface area (Å²) in [6, 6.07) is 17.5. The van der Waals surface area contributed by atoms with E-state index in [0.29, 0.717) is 11.5 Å². The Balaban J connectivity index is 1.77. The van der Waals surface area contributed by atoms with Crippen molar-refractivity contribution in [2.24, 2.45) is 5.92 Å². The van der Waals surface area contributed by atoms with Gasteiger partial charge >= 0.3 is 5.97 Å². The van der Waals surface area contributed by atoms with Gasteiger partial charge in [-0.25, -0.2) is 4.79 Å². The van der Waals surface area contributed by atoms with Gasteiger partial charge in [0.2, 0.25) is 0 Å². The van der Waals surface area contributed by atoms with Gasteiger partial charge in [-0.15, -0.1) is 0 Å². The highest BCUT2D eigenvalue weighted by Gasteiger charge is 2.41. The molecule has 1 aliphatic carbocycles. The van der Waals surface area contributed by atoms with Crippen molar-refractivity contribution in [1.82, 2.24) is 0 Å². The van der Waals surface area contributed by atoms with Gasteiger partial charge in [0, 0.05) is 11.5 Å². The van der Waals surface area contributed by atoms with Crippen LogP contribution in [0.4, 0.5) is 0 Å². The predicted octanol–water partition coefficient (Wildman–Crippen LogP) is 6.07. The van der Waals surface area contributed by atoms with E-state index < -0.39 is 11.8 Å². The molecular weight excluding hydrogens is 360 g/mol. The first-order chi connectivity index (χ1) is 13.8. The maximum atomic E-state index is 12.6. The van der Waals surface area contributed by atoms with Crippen LogP contribution in [-0.2, 0) is 14.9 Å². The molecule has 0 heterocycles. The van der Waals surface area contributed by atoms with E-state index in [-0.39, 0.29) is 17.4 Å². The second-order valence-corrected chi connectivity index (χ2v) is 9.03. The van der Waals surface area contributed by atoms with Crippen molar-refractivity contribution in [3.05, 3.63) is 71.3 Å². The Morgan fingerprint density at radius 1 is 0.931 bits per heavy atom. The van der Waals surface area contributed by atoms with E-state index in [2.05, 4.69) is 52.0 Å². The first kappa shape index (κ1) is 21.3. The molecule has 0 saturated heterocycles. The van der Waals surface area contributed by atoms with Crippen LogP contribution in [0.3, 0.4) is 0 Å². The van der Waals surface area contributed by atoms with Crippen LogP contribution < -0.4 is 0 Å². The summed E-state index contributed by atoms with van der Waals surface area (Å²) in [4.78, 5) is 25.0. The van der Waals surface area contributed by atoms with Gasteiger partial charge in [0.25, 0.3) is 5.78 Å². The highest BCUT2D eigenvalue weighted by Crippen LogP contribution is 2.42. The monoisotopic (exact) mass is 392 g/mol. The van der Waals surface area contributed by atoms with E-state index in [1.165, 1.54) is 11.1 Å². The van der Waals surface area contributed by atoms with Gasteiger partial charge in [-0.3, -0.25) is 4.79 Å². The Morgan fingerprint density at radius 3 is 2.17 bits per heavy atom. The molecule has 1 saturated carbocycles. The molecule has 3 heteroatoms. The van der Waals surface area contributed by atoms with E-state index >= 15 is 0 Å². The van der Waals surface area contributed by atoms with Crippen molar-refractivity contribution in [2.75, 3.05) is 0 Å². The van der Waals surface area contributed by atoms with Crippen molar-refractivity contribution >= 4 is 11.8 Å². The predicted molar refractivity (Wildman–Crippen MR) is 116 cm³/mol. The third-order valence-corrected chi connectivity index (χ3v) is 6.43. The largest absolute Gasteiger partial charge is 0.456 e. The van der Waals surface area contributed by atoms with Crippen molar-refractivity contribution in [3.63, 3.8) is 0 Å². The van der Waals surface area contributed by atoms with Gasteiger partial charge in [0.15, 0.2) is 0 Å². The van der Waals surface area contributed by atoms with Crippen LogP contribution in [0.1, 0.15) is 80.8 Å². The van der Waals surface area contributed by atoms with Gasteiger partial charge in [-0.2, -0.15) is 0 Å². The highest BCUT2D eigenvalue weighted by molar-refractivity contribution is 6.40. The van der Waals surface area contributed by atoms with Crippen LogP contribution in [0, 0.1) is 5.92 Å². The number of carbonyl (C=O) groups is 2. The topological polar surface area (TPSA) is 43.4 Å². The summed E-state index contributed by atoms with van der Waals surface area (Å²) in [6.07, 6.45) is 3.72. The first-order valence-electron chi connectivity index (χ1n) is 10.7. The summed E-state index contributed by atoms with van der Waals surface area (Å²) in [5, 5.41) is 0. The Kier molecular flexibility index (Phi) is 6.56. The van der Waals surface area contributed by atoms with Crippen LogP contribution in [0.25, 0.3) is 0 Å². The van der Waals surface area contributed by atoms with Gasteiger partial charge in [-0.05, 0) is 41.7 Å². The lowest BCUT2D eigenvalue weighted by Crippen LogP contribution is -2.42. The zero-order chi connectivity index (χ0) is 21.0. The Morgan fingerprint density at radius 2 is 1.55 bits per heavy atom. The fourth-order valence-corrected chi connectivity index (χ4v) is 4.47. The van der Waals surface area contributed by atoms with Crippen LogP contribution >= 0.6 is 0 Å². The number of ether oxygens (including phenoxy) is 1. The molecule has 0 unspecified atom stereocenters. The zero-order valence-electron chi connectivity index (χ0n) is 18.0. The lowest BCUT2D eigenvalue weighted by molar-refractivity contribution is -0.149. The summed E-state index contributed by atoms with van der Waals surface area (Å²) in [5.74, 6) is -0.610. The molecule has 0 amide bonds. The fraction of sp³-hybridized carbons (Fsp3) is 0.462. The molecule has 2 atom stereocenters. The van der Waals surface area contributed by atoms with E-state index in [4.69, 9.17) is 4.74 Å². The van der Waals surface area contributed by atoms with E-state index in [9.17, 15) is 9.59 Å². The third-order valence-electron chi connectivity index (χ3n) is 6.43. The molecule has 0 radical (unpaired) electrons. The van der Waals surface area contributed by atoms with Gasteiger partial charge in [0.05, 0.1) is 0 Å². The Hall–Kier alpha value is -2.42. The summed E-state index contributed by atoms with van der Waals surface area (Å²) in [6.45, 7) is 8.85. The van der Waals surface area contributed by atoms with Gasteiger partial charge in [0.1, 0.15) is 6.10 Å².